The minimum atomic E-state index is 0.0793. The highest BCUT2D eigenvalue weighted by molar-refractivity contribution is 5.49. The number of aliphatic hydroxyl groups excluding tert-OH is 1. The molecule has 0 saturated carbocycles. The van der Waals surface area contributed by atoms with Gasteiger partial charge in [0.25, 0.3) is 0 Å². The number of rotatable bonds is 6. The van der Waals surface area contributed by atoms with Gasteiger partial charge in [0, 0.05) is 19.3 Å². The van der Waals surface area contributed by atoms with Gasteiger partial charge in [-0.05, 0) is 24.1 Å². The Bertz CT molecular complexity index is 336. The summed E-state index contributed by atoms with van der Waals surface area (Å²) in [6.07, 6.45) is 0.539. The minimum Gasteiger partial charge on any atom is -0.493 e. The molecular weight excluding hydrogens is 208 g/mol. The van der Waals surface area contributed by atoms with Gasteiger partial charge in [-0.25, -0.2) is 0 Å². The van der Waals surface area contributed by atoms with E-state index in [-0.39, 0.29) is 6.61 Å². The van der Waals surface area contributed by atoms with E-state index in [1.54, 1.807) is 21.3 Å². The fourth-order valence-electron chi connectivity index (χ4n) is 1.66. The van der Waals surface area contributed by atoms with Crippen molar-refractivity contribution in [3.05, 3.63) is 23.3 Å². The van der Waals surface area contributed by atoms with Gasteiger partial charge < -0.3 is 19.3 Å². The molecular formula is C12H18O4. The predicted octanol–water partition coefficient (Wildman–Crippen LogP) is 1.39. The normalized spacial score (nSPS) is 10.2. The summed E-state index contributed by atoms with van der Waals surface area (Å²) in [6, 6.07) is 3.84. The lowest BCUT2D eigenvalue weighted by Gasteiger charge is -2.14. The monoisotopic (exact) mass is 226 g/mol. The van der Waals surface area contributed by atoms with Gasteiger partial charge in [0.1, 0.15) is 0 Å². The molecule has 0 radical (unpaired) electrons. The van der Waals surface area contributed by atoms with E-state index in [0.29, 0.717) is 24.5 Å². The molecule has 0 atom stereocenters. The minimum absolute atomic E-state index is 0.0793. The summed E-state index contributed by atoms with van der Waals surface area (Å²) in [5, 5.41) is 9.00. The molecule has 4 nitrogen and oxygen atoms in total. The van der Waals surface area contributed by atoms with Crippen LogP contribution in [0.2, 0.25) is 0 Å². The topological polar surface area (TPSA) is 47.9 Å². The van der Waals surface area contributed by atoms with E-state index in [1.807, 2.05) is 12.1 Å². The van der Waals surface area contributed by atoms with Gasteiger partial charge in [-0.15, -0.1) is 0 Å². The van der Waals surface area contributed by atoms with Crippen LogP contribution in [0.5, 0.6) is 11.5 Å². The van der Waals surface area contributed by atoms with Crippen molar-refractivity contribution >= 4 is 0 Å². The summed E-state index contributed by atoms with van der Waals surface area (Å²) in [5.74, 6) is 1.34. The number of hydrogen-bond acceptors (Lipinski definition) is 4. The molecule has 16 heavy (non-hydrogen) atoms. The molecule has 0 heterocycles. The van der Waals surface area contributed by atoms with Crippen LogP contribution in [0.3, 0.4) is 0 Å². The molecule has 0 unspecified atom stereocenters. The van der Waals surface area contributed by atoms with E-state index in [0.717, 1.165) is 11.1 Å². The number of benzene rings is 1. The Kier molecular flexibility index (Phi) is 5.08. The molecule has 1 aromatic carbocycles. The molecule has 0 aromatic heterocycles. The Hall–Kier alpha value is -1.26. The summed E-state index contributed by atoms with van der Waals surface area (Å²) >= 11 is 0. The number of aliphatic hydroxyl groups is 1. The number of hydrogen-bond donors (Lipinski definition) is 1. The first-order valence-corrected chi connectivity index (χ1v) is 5.10. The zero-order chi connectivity index (χ0) is 12.0. The van der Waals surface area contributed by atoms with Crippen molar-refractivity contribution < 1.29 is 19.3 Å². The molecule has 0 spiro atoms. The third-order valence-electron chi connectivity index (χ3n) is 2.31. The van der Waals surface area contributed by atoms with Crippen molar-refractivity contribution in [1.82, 2.24) is 0 Å². The lowest BCUT2D eigenvalue weighted by molar-refractivity contribution is 0.184. The second-order valence-electron chi connectivity index (χ2n) is 3.40. The molecule has 1 aromatic rings. The van der Waals surface area contributed by atoms with Crippen LogP contribution >= 0.6 is 0 Å². The largest absolute Gasteiger partial charge is 0.493 e. The molecule has 0 bridgehead atoms. The summed E-state index contributed by atoms with van der Waals surface area (Å²) < 4.78 is 15.6. The third-order valence-corrected chi connectivity index (χ3v) is 2.31. The summed E-state index contributed by atoms with van der Waals surface area (Å²) in [7, 11) is 4.83. The Morgan fingerprint density at radius 3 is 2.38 bits per heavy atom. The highest BCUT2D eigenvalue weighted by atomic mass is 16.5. The van der Waals surface area contributed by atoms with Gasteiger partial charge in [-0.2, -0.15) is 0 Å². The SMILES string of the molecule is COCc1cc(CCO)c(OC)c(OC)c1. The molecule has 0 aliphatic carbocycles. The van der Waals surface area contributed by atoms with Crippen molar-refractivity contribution in [2.24, 2.45) is 0 Å². The highest BCUT2D eigenvalue weighted by Crippen LogP contribution is 2.33. The van der Waals surface area contributed by atoms with Crippen molar-refractivity contribution in [3.8, 4) is 11.5 Å². The van der Waals surface area contributed by atoms with Crippen molar-refractivity contribution in [2.75, 3.05) is 27.9 Å². The van der Waals surface area contributed by atoms with Crippen LogP contribution in [-0.2, 0) is 17.8 Å². The lowest BCUT2D eigenvalue weighted by Crippen LogP contribution is -2.01. The first-order chi connectivity index (χ1) is 7.76. The van der Waals surface area contributed by atoms with Gasteiger partial charge in [0.2, 0.25) is 0 Å². The Morgan fingerprint density at radius 2 is 1.88 bits per heavy atom. The van der Waals surface area contributed by atoms with Gasteiger partial charge in [0.15, 0.2) is 11.5 Å². The molecule has 0 fully saturated rings. The van der Waals surface area contributed by atoms with E-state index >= 15 is 0 Å². The van der Waals surface area contributed by atoms with E-state index in [4.69, 9.17) is 19.3 Å². The molecule has 0 aliphatic rings. The van der Waals surface area contributed by atoms with Crippen LogP contribution in [0.25, 0.3) is 0 Å². The molecule has 1 rings (SSSR count). The fourth-order valence-corrected chi connectivity index (χ4v) is 1.66. The first kappa shape index (κ1) is 12.8. The highest BCUT2D eigenvalue weighted by Gasteiger charge is 2.11. The maximum Gasteiger partial charge on any atom is 0.164 e. The summed E-state index contributed by atoms with van der Waals surface area (Å²) in [6.45, 7) is 0.592. The molecule has 1 N–H and O–H groups in total. The Labute approximate surface area is 95.8 Å². The zero-order valence-electron chi connectivity index (χ0n) is 9.95. The number of ether oxygens (including phenoxy) is 3. The van der Waals surface area contributed by atoms with E-state index < -0.39 is 0 Å². The quantitative estimate of drug-likeness (QED) is 0.796. The average molecular weight is 226 g/mol. The Balaban J connectivity index is 3.14. The van der Waals surface area contributed by atoms with Crippen LogP contribution < -0.4 is 9.47 Å². The van der Waals surface area contributed by atoms with E-state index in [1.165, 1.54) is 0 Å². The van der Waals surface area contributed by atoms with Gasteiger partial charge >= 0.3 is 0 Å². The van der Waals surface area contributed by atoms with E-state index in [2.05, 4.69) is 0 Å². The molecule has 90 valence electrons. The van der Waals surface area contributed by atoms with Gasteiger partial charge in [-0.3, -0.25) is 0 Å². The van der Waals surface area contributed by atoms with Crippen molar-refractivity contribution in [2.45, 2.75) is 13.0 Å². The van der Waals surface area contributed by atoms with Crippen LogP contribution in [-0.4, -0.2) is 33.0 Å². The zero-order valence-corrected chi connectivity index (χ0v) is 9.95. The van der Waals surface area contributed by atoms with Gasteiger partial charge in [0.05, 0.1) is 20.8 Å². The molecule has 0 aliphatic heterocycles. The second-order valence-corrected chi connectivity index (χ2v) is 3.40. The molecule has 4 heteroatoms. The van der Waals surface area contributed by atoms with Gasteiger partial charge in [-0.1, -0.05) is 0 Å². The summed E-state index contributed by atoms with van der Waals surface area (Å²) in [5.41, 5.74) is 1.93. The summed E-state index contributed by atoms with van der Waals surface area (Å²) in [4.78, 5) is 0. The van der Waals surface area contributed by atoms with Crippen molar-refractivity contribution in [1.29, 1.82) is 0 Å². The van der Waals surface area contributed by atoms with Crippen LogP contribution in [0.1, 0.15) is 11.1 Å². The number of methoxy groups -OCH3 is 3. The van der Waals surface area contributed by atoms with Crippen LogP contribution in [0.4, 0.5) is 0 Å². The average Bonchev–Trinajstić information content (AvgIpc) is 2.29. The van der Waals surface area contributed by atoms with Crippen LogP contribution in [0.15, 0.2) is 12.1 Å². The van der Waals surface area contributed by atoms with Crippen LogP contribution in [0, 0.1) is 0 Å². The Morgan fingerprint density at radius 1 is 1.12 bits per heavy atom. The first-order valence-electron chi connectivity index (χ1n) is 5.10. The third kappa shape index (κ3) is 2.87. The molecule has 0 amide bonds. The lowest BCUT2D eigenvalue weighted by atomic mass is 10.1. The molecule has 0 saturated heterocycles. The predicted molar refractivity (Wildman–Crippen MR) is 61.0 cm³/mol. The second kappa shape index (κ2) is 6.35. The maximum atomic E-state index is 9.00. The smallest absolute Gasteiger partial charge is 0.164 e. The standard InChI is InChI=1S/C12H18O4/c1-14-8-9-6-10(4-5-13)12(16-3)11(7-9)15-2/h6-7,13H,4-5,8H2,1-3H3. The van der Waals surface area contributed by atoms with E-state index in [9.17, 15) is 0 Å². The fraction of sp³-hybridized carbons (Fsp3) is 0.500. The maximum absolute atomic E-state index is 9.00. The van der Waals surface area contributed by atoms with Crippen molar-refractivity contribution in [3.63, 3.8) is 0 Å².